The van der Waals surface area contributed by atoms with Crippen LogP contribution < -0.4 is 5.43 Å². The van der Waals surface area contributed by atoms with Crippen molar-refractivity contribution < 1.29 is 24.8 Å². The Morgan fingerprint density at radius 2 is 1.95 bits per heavy atom. The molecule has 106 valence electrons. The Kier molecular flexibility index (Phi) is 4.33. The van der Waals surface area contributed by atoms with E-state index in [2.05, 4.69) is 0 Å². The fraction of sp³-hybridized carbons (Fsp3) is 0.583. The second-order valence-electron chi connectivity index (χ2n) is 4.41. The Balaban J connectivity index is 2.31. The molecule has 0 bridgehead atoms. The smallest absolute Gasteiger partial charge is 0.181 e. The molecule has 0 spiro atoms. The molecule has 1 aromatic heterocycles. The molecule has 3 N–H and O–H groups in total. The van der Waals surface area contributed by atoms with Crippen LogP contribution >= 0.6 is 0 Å². The molecule has 19 heavy (non-hydrogen) atoms. The fourth-order valence-electron chi connectivity index (χ4n) is 2.20. The standard InChI is InChI=1S/C12H17NO6/c1-18-12-9(13-4-2-7(15)3-5-13)11(17)10(16)8(6-14)19-12/h2-5,8-12,14,16-17H,6H2,1H3/t8-,9-,10+,11-,12-/m1/s1. The van der Waals surface area contributed by atoms with E-state index in [1.165, 1.54) is 36.2 Å². The summed E-state index contributed by atoms with van der Waals surface area (Å²) in [4.78, 5) is 11.1. The van der Waals surface area contributed by atoms with Crippen molar-refractivity contribution >= 4 is 0 Å². The van der Waals surface area contributed by atoms with E-state index in [1.54, 1.807) is 0 Å². The third-order valence-corrected chi connectivity index (χ3v) is 3.25. The van der Waals surface area contributed by atoms with Crippen molar-refractivity contribution in [2.45, 2.75) is 30.6 Å². The van der Waals surface area contributed by atoms with Gasteiger partial charge in [-0.3, -0.25) is 4.79 Å². The lowest BCUT2D eigenvalue weighted by molar-refractivity contribution is -0.272. The minimum absolute atomic E-state index is 0.162. The van der Waals surface area contributed by atoms with Gasteiger partial charge in [0.25, 0.3) is 0 Å². The average Bonchev–Trinajstić information content (AvgIpc) is 2.43. The van der Waals surface area contributed by atoms with Crippen LogP contribution in [0.3, 0.4) is 0 Å². The second-order valence-corrected chi connectivity index (χ2v) is 4.41. The lowest BCUT2D eigenvalue weighted by atomic mass is 9.96. The van der Waals surface area contributed by atoms with Gasteiger partial charge in [0, 0.05) is 31.6 Å². The Morgan fingerprint density at radius 1 is 1.32 bits per heavy atom. The fourth-order valence-corrected chi connectivity index (χ4v) is 2.20. The molecule has 0 saturated carbocycles. The largest absolute Gasteiger partial charge is 0.394 e. The highest BCUT2D eigenvalue weighted by Gasteiger charge is 2.45. The lowest BCUT2D eigenvalue weighted by Gasteiger charge is -2.42. The Labute approximate surface area is 109 Å². The number of methoxy groups -OCH3 is 1. The SMILES string of the molecule is CO[C@@H]1O[C@H](CO)[C@H](O)[C@H](O)[C@H]1n1ccc(=O)cc1. The molecule has 0 aliphatic carbocycles. The first-order valence-electron chi connectivity index (χ1n) is 5.91. The number of aliphatic hydroxyl groups excluding tert-OH is 3. The minimum Gasteiger partial charge on any atom is -0.394 e. The van der Waals surface area contributed by atoms with Crippen LogP contribution in [0.15, 0.2) is 29.3 Å². The molecule has 1 aliphatic rings. The summed E-state index contributed by atoms with van der Waals surface area (Å²) >= 11 is 0. The molecule has 0 aromatic carbocycles. The number of rotatable bonds is 3. The van der Waals surface area contributed by atoms with E-state index in [9.17, 15) is 15.0 Å². The highest BCUT2D eigenvalue weighted by molar-refractivity contribution is 5.00. The van der Waals surface area contributed by atoms with Crippen molar-refractivity contribution in [2.24, 2.45) is 0 Å². The van der Waals surface area contributed by atoms with Crippen LogP contribution in [-0.2, 0) is 9.47 Å². The molecular formula is C12H17NO6. The summed E-state index contributed by atoms with van der Waals surface area (Å²) in [6.45, 7) is -0.422. The van der Waals surface area contributed by atoms with Crippen LogP contribution in [0.1, 0.15) is 6.04 Å². The van der Waals surface area contributed by atoms with E-state index in [1.807, 2.05) is 0 Å². The van der Waals surface area contributed by atoms with Crippen LogP contribution in [0.4, 0.5) is 0 Å². The summed E-state index contributed by atoms with van der Waals surface area (Å²) in [5.41, 5.74) is -0.162. The quantitative estimate of drug-likeness (QED) is 0.617. The molecule has 0 radical (unpaired) electrons. The first kappa shape index (κ1) is 14.2. The maximum atomic E-state index is 11.1. The van der Waals surface area contributed by atoms with E-state index in [4.69, 9.17) is 14.6 Å². The van der Waals surface area contributed by atoms with Crippen molar-refractivity contribution in [3.63, 3.8) is 0 Å². The Morgan fingerprint density at radius 3 is 2.47 bits per heavy atom. The summed E-state index contributed by atoms with van der Waals surface area (Å²) in [6, 6.07) is 1.97. The maximum absolute atomic E-state index is 11.1. The summed E-state index contributed by atoms with van der Waals surface area (Å²) in [6.07, 6.45) is -1.19. The number of aliphatic hydroxyl groups is 3. The van der Waals surface area contributed by atoms with Gasteiger partial charge in [-0.25, -0.2) is 0 Å². The predicted molar refractivity (Wildman–Crippen MR) is 64.5 cm³/mol. The third kappa shape index (κ3) is 2.70. The monoisotopic (exact) mass is 271 g/mol. The number of pyridine rings is 1. The van der Waals surface area contributed by atoms with Crippen LogP contribution in [0, 0.1) is 0 Å². The van der Waals surface area contributed by atoms with Crippen LogP contribution in [0.2, 0.25) is 0 Å². The normalized spacial score (nSPS) is 35.3. The molecule has 7 nitrogen and oxygen atoms in total. The lowest BCUT2D eigenvalue weighted by Crippen LogP contribution is -2.56. The van der Waals surface area contributed by atoms with Crippen molar-refractivity contribution in [3.8, 4) is 0 Å². The second kappa shape index (κ2) is 5.81. The summed E-state index contributed by atoms with van der Waals surface area (Å²) in [7, 11) is 1.40. The molecule has 1 aromatic rings. The molecule has 2 rings (SSSR count). The van der Waals surface area contributed by atoms with E-state index in [0.29, 0.717) is 0 Å². The van der Waals surface area contributed by atoms with Crippen molar-refractivity contribution in [3.05, 3.63) is 34.7 Å². The molecular weight excluding hydrogens is 254 g/mol. The van der Waals surface area contributed by atoms with Gasteiger partial charge in [-0.2, -0.15) is 0 Å². The molecule has 1 saturated heterocycles. The number of aromatic nitrogens is 1. The molecule has 0 amide bonds. The topological polar surface area (TPSA) is 101 Å². The van der Waals surface area contributed by atoms with Gasteiger partial charge in [0.05, 0.1) is 6.61 Å². The number of ether oxygens (including phenoxy) is 2. The van der Waals surface area contributed by atoms with Gasteiger partial charge in [-0.1, -0.05) is 0 Å². The summed E-state index contributed by atoms with van der Waals surface area (Å²) in [5, 5.41) is 29.1. The van der Waals surface area contributed by atoms with E-state index in [0.717, 1.165) is 0 Å². The Hall–Kier alpha value is -1.25. The van der Waals surface area contributed by atoms with E-state index in [-0.39, 0.29) is 5.43 Å². The van der Waals surface area contributed by atoms with Gasteiger partial charge in [-0.15, -0.1) is 0 Å². The molecule has 5 atom stereocenters. The Bertz CT molecular complexity index is 453. The number of hydrogen-bond donors (Lipinski definition) is 3. The third-order valence-electron chi connectivity index (χ3n) is 3.25. The van der Waals surface area contributed by atoms with Crippen LogP contribution in [0.25, 0.3) is 0 Å². The first-order valence-corrected chi connectivity index (χ1v) is 5.91. The highest BCUT2D eigenvalue weighted by atomic mass is 16.7. The molecule has 7 heteroatoms. The van der Waals surface area contributed by atoms with Gasteiger partial charge in [0.2, 0.25) is 0 Å². The summed E-state index contributed by atoms with van der Waals surface area (Å²) in [5.74, 6) is 0. The zero-order chi connectivity index (χ0) is 14.0. The zero-order valence-corrected chi connectivity index (χ0v) is 10.4. The minimum atomic E-state index is -1.24. The average molecular weight is 271 g/mol. The molecule has 1 fully saturated rings. The zero-order valence-electron chi connectivity index (χ0n) is 10.4. The van der Waals surface area contributed by atoms with Crippen molar-refractivity contribution in [1.82, 2.24) is 4.57 Å². The summed E-state index contributed by atoms with van der Waals surface area (Å²) < 4.78 is 12.1. The number of nitrogens with zero attached hydrogens (tertiary/aromatic N) is 1. The first-order chi connectivity index (χ1) is 9.08. The van der Waals surface area contributed by atoms with Crippen molar-refractivity contribution in [1.29, 1.82) is 0 Å². The predicted octanol–water partition coefficient (Wildman–Crippen LogP) is -1.53. The highest BCUT2D eigenvalue weighted by Crippen LogP contribution is 2.30. The van der Waals surface area contributed by atoms with Gasteiger partial charge in [-0.05, 0) is 0 Å². The van der Waals surface area contributed by atoms with Gasteiger partial charge in [0.15, 0.2) is 11.7 Å². The van der Waals surface area contributed by atoms with Crippen molar-refractivity contribution in [2.75, 3.05) is 13.7 Å². The van der Waals surface area contributed by atoms with E-state index < -0.39 is 37.3 Å². The van der Waals surface area contributed by atoms with E-state index >= 15 is 0 Å². The molecule has 0 unspecified atom stereocenters. The van der Waals surface area contributed by atoms with Crippen LogP contribution in [0.5, 0.6) is 0 Å². The molecule has 2 heterocycles. The number of hydrogen-bond acceptors (Lipinski definition) is 6. The van der Waals surface area contributed by atoms with Gasteiger partial charge < -0.3 is 29.4 Å². The maximum Gasteiger partial charge on any atom is 0.181 e. The van der Waals surface area contributed by atoms with Gasteiger partial charge in [0.1, 0.15) is 24.4 Å². The van der Waals surface area contributed by atoms with Gasteiger partial charge >= 0.3 is 0 Å². The molecule has 1 aliphatic heterocycles. The van der Waals surface area contributed by atoms with Crippen LogP contribution in [-0.4, -0.2) is 58.2 Å².